The highest BCUT2D eigenvalue weighted by Crippen LogP contribution is 2.34. The Labute approximate surface area is 180 Å². The highest BCUT2D eigenvalue weighted by molar-refractivity contribution is 6.31. The average molecular weight is 433 g/mol. The SMILES string of the molecule is Cc1c(C#N)c(O)[nH]c(=O)c1N=Nc1ccc(Cl)cc1-c1nc(-c2ccccc2)no1. The summed E-state index contributed by atoms with van der Waals surface area (Å²) in [5.74, 6) is 0.0442. The molecule has 2 N–H and O–H groups in total. The summed E-state index contributed by atoms with van der Waals surface area (Å²) < 4.78 is 5.39. The second-order valence-corrected chi connectivity index (χ2v) is 6.85. The van der Waals surface area contributed by atoms with Crippen LogP contribution in [0.15, 0.2) is 68.1 Å². The molecule has 0 saturated carbocycles. The number of halogens is 1. The minimum absolute atomic E-state index is 0.0886. The van der Waals surface area contributed by atoms with Crippen LogP contribution in [0.25, 0.3) is 22.8 Å². The number of hydrogen-bond donors (Lipinski definition) is 2. The summed E-state index contributed by atoms with van der Waals surface area (Å²) in [5, 5.41) is 31.4. The van der Waals surface area contributed by atoms with Gasteiger partial charge in [-0.05, 0) is 25.1 Å². The molecule has 4 rings (SSSR count). The normalized spacial score (nSPS) is 11.0. The van der Waals surface area contributed by atoms with Gasteiger partial charge in [0.25, 0.3) is 11.4 Å². The fourth-order valence-electron chi connectivity index (χ4n) is 2.86. The van der Waals surface area contributed by atoms with E-state index in [2.05, 4.69) is 25.4 Å². The van der Waals surface area contributed by atoms with Crippen LogP contribution >= 0.6 is 11.6 Å². The first-order chi connectivity index (χ1) is 15.0. The number of azo groups is 1. The Hall–Kier alpha value is -4.29. The van der Waals surface area contributed by atoms with Gasteiger partial charge in [0.05, 0.1) is 11.3 Å². The molecule has 0 aliphatic heterocycles. The third kappa shape index (κ3) is 3.92. The molecule has 0 fully saturated rings. The topological polar surface area (TPSA) is 141 Å². The molecule has 0 atom stereocenters. The van der Waals surface area contributed by atoms with E-state index in [0.29, 0.717) is 22.1 Å². The van der Waals surface area contributed by atoms with Gasteiger partial charge in [-0.1, -0.05) is 47.1 Å². The molecule has 10 heteroatoms. The predicted octanol–water partition coefficient (Wildman–Crippen LogP) is 5.05. The fourth-order valence-corrected chi connectivity index (χ4v) is 3.03. The Morgan fingerprint density at radius 3 is 2.71 bits per heavy atom. The van der Waals surface area contributed by atoms with Crippen LogP contribution in [0.5, 0.6) is 5.88 Å². The van der Waals surface area contributed by atoms with Gasteiger partial charge in [0.1, 0.15) is 11.6 Å². The van der Waals surface area contributed by atoms with Crippen molar-refractivity contribution in [3.8, 4) is 34.8 Å². The molecule has 0 bridgehead atoms. The summed E-state index contributed by atoms with van der Waals surface area (Å²) in [6, 6.07) is 15.9. The monoisotopic (exact) mass is 432 g/mol. The van der Waals surface area contributed by atoms with E-state index in [1.54, 1.807) is 18.2 Å². The van der Waals surface area contributed by atoms with Crippen molar-refractivity contribution in [2.24, 2.45) is 10.2 Å². The molecule has 9 nitrogen and oxygen atoms in total. The lowest BCUT2D eigenvalue weighted by Crippen LogP contribution is -2.08. The van der Waals surface area contributed by atoms with Gasteiger partial charge in [0, 0.05) is 16.1 Å². The lowest BCUT2D eigenvalue weighted by molar-refractivity contribution is 0.432. The van der Waals surface area contributed by atoms with E-state index in [-0.39, 0.29) is 22.7 Å². The van der Waals surface area contributed by atoms with Crippen LogP contribution < -0.4 is 5.56 Å². The molecule has 4 aromatic rings. The van der Waals surface area contributed by atoms with Crippen LogP contribution in [-0.2, 0) is 0 Å². The van der Waals surface area contributed by atoms with Crippen molar-refractivity contribution in [1.82, 2.24) is 15.1 Å². The summed E-state index contributed by atoms with van der Waals surface area (Å²) in [4.78, 5) is 18.8. The molecule has 0 saturated heterocycles. The Balaban J connectivity index is 1.77. The zero-order chi connectivity index (χ0) is 22.0. The standard InChI is InChI=1S/C21H13ClN6O3/c1-11-15(10-23)19(29)25-20(30)17(11)27-26-16-8-7-13(22)9-14(16)21-24-18(28-31-21)12-5-3-2-4-6-12/h2-9H,1H3,(H2,25,29,30). The molecule has 0 radical (unpaired) electrons. The summed E-state index contributed by atoms with van der Waals surface area (Å²) >= 11 is 6.13. The Bertz CT molecular complexity index is 1400. The zero-order valence-electron chi connectivity index (χ0n) is 16.0. The lowest BCUT2D eigenvalue weighted by atomic mass is 10.1. The maximum atomic E-state index is 12.2. The third-order valence-corrected chi connectivity index (χ3v) is 4.67. The fraction of sp³-hybridized carbons (Fsp3) is 0.0476. The van der Waals surface area contributed by atoms with Crippen molar-refractivity contribution in [3.63, 3.8) is 0 Å². The summed E-state index contributed by atoms with van der Waals surface area (Å²) in [5.41, 5.74) is 0.833. The number of pyridine rings is 1. The highest BCUT2D eigenvalue weighted by atomic mass is 35.5. The predicted molar refractivity (Wildman–Crippen MR) is 113 cm³/mol. The Kier molecular flexibility index (Phi) is 5.30. The number of hydrogen-bond acceptors (Lipinski definition) is 8. The molecule has 2 aromatic carbocycles. The van der Waals surface area contributed by atoms with Gasteiger partial charge < -0.3 is 9.63 Å². The number of H-pyrrole nitrogens is 1. The van der Waals surface area contributed by atoms with Crippen LogP contribution in [0.2, 0.25) is 5.02 Å². The number of rotatable bonds is 4. The van der Waals surface area contributed by atoms with Crippen LogP contribution in [0, 0.1) is 18.3 Å². The largest absolute Gasteiger partial charge is 0.494 e. The third-order valence-electron chi connectivity index (χ3n) is 4.43. The number of benzene rings is 2. The second kappa shape index (κ2) is 8.22. The molecule has 31 heavy (non-hydrogen) atoms. The lowest BCUT2D eigenvalue weighted by Gasteiger charge is -2.04. The first-order valence-electron chi connectivity index (χ1n) is 8.94. The van der Waals surface area contributed by atoms with Crippen molar-refractivity contribution in [2.75, 3.05) is 0 Å². The smallest absolute Gasteiger partial charge is 0.278 e. The number of nitrogens with zero attached hydrogens (tertiary/aromatic N) is 5. The van der Waals surface area contributed by atoms with Crippen LogP contribution in [0.3, 0.4) is 0 Å². The van der Waals surface area contributed by atoms with Crippen molar-refractivity contribution in [1.29, 1.82) is 5.26 Å². The Morgan fingerprint density at radius 1 is 1.19 bits per heavy atom. The maximum absolute atomic E-state index is 12.2. The number of aromatic amines is 1. The van der Waals surface area contributed by atoms with E-state index >= 15 is 0 Å². The number of aromatic hydroxyl groups is 1. The Morgan fingerprint density at radius 2 is 1.97 bits per heavy atom. The van der Waals surface area contributed by atoms with E-state index in [1.807, 2.05) is 36.4 Å². The number of nitrogens with one attached hydrogen (secondary N) is 1. The van der Waals surface area contributed by atoms with Gasteiger partial charge in [-0.2, -0.15) is 10.2 Å². The molecular formula is C21H13ClN6O3. The van der Waals surface area contributed by atoms with Crippen molar-refractivity contribution >= 4 is 23.0 Å². The van der Waals surface area contributed by atoms with Gasteiger partial charge in [-0.25, -0.2) is 0 Å². The average Bonchev–Trinajstić information content (AvgIpc) is 3.25. The van der Waals surface area contributed by atoms with Gasteiger partial charge in [-0.15, -0.1) is 10.2 Å². The maximum Gasteiger partial charge on any atom is 0.278 e. The van der Waals surface area contributed by atoms with Crippen LogP contribution in [0.1, 0.15) is 11.1 Å². The van der Waals surface area contributed by atoms with Crippen molar-refractivity contribution < 1.29 is 9.63 Å². The summed E-state index contributed by atoms with van der Waals surface area (Å²) in [6.45, 7) is 1.49. The summed E-state index contributed by atoms with van der Waals surface area (Å²) in [7, 11) is 0. The molecule has 0 amide bonds. The van der Waals surface area contributed by atoms with Gasteiger partial charge >= 0.3 is 0 Å². The van der Waals surface area contributed by atoms with Crippen molar-refractivity contribution in [2.45, 2.75) is 6.92 Å². The quantitative estimate of drug-likeness (QED) is 0.432. The molecule has 0 unspecified atom stereocenters. The van der Waals surface area contributed by atoms with Gasteiger partial charge in [0.2, 0.25) is 11.7 Å². The molecular weight excluding hydrogens is 420 g/mol. The van der Waals surface area contributed by atoms with E-state index in [0.717, 1.165) is 5.56 Å². The van der Waals surface area contributed by atoms with Crippen LogP contribution in [0.4, 0.5) is 11.4 Å². The molecule has 0 spiro atoms. The van der Waals surface area contributed by atoms with E-state index in [9.17, 15) is 15.2 Å². The second-order valence-electron chi connectivity index (χ2n) is 6.41. The molecule has 152 valence electrons. The summed E-state index contributed by atoms with van der Waals surface area (Å²) in [6.07, 6.45) is 0. The first-order valence-corrected chi connectivity index (χ1v) is 9.32. The molecule has 0 aliphatic carbocycles. The minimum Gasteiger partial charge on any atom is -0.494 e. The van der Waals surface area contributed by atoms with Gasteiger partial charge in [0.15, 0.2) is 5.69 Å². The number of nitriles is 1. The first kappa shape index (κ1) is 20.0. The van der Waals surface area contributed by atoms with Crippen LogP contribution in [-0.4, -0.2) is 20.2 Å². The number of aromatic nitrogens is 3. The molecule has 0 aliphatic rings. The van der Waals surface area contributed by atoms with Gasteiger partial charge in [-0.3, -0.25) is 9.78 Å². The minimum atomic E-state index is -0.683. The zero-order valence-corrected chi connectivity index (χ0v) is 16.8. The molecule has 2 heterocycles. The molecule has 2 aromatic heterocycles. The van der Waals surface area contributed by atoms with E-state index in [4.69, 9.17) is 16.1 Å². The van der Waals surface area contributed by atoms with E-state index < -0.39 is 11.4 Å². The van der Waals surface area contributed by atoms with E-state index in [1.165, 1.54) is 6.92 Å². The van der Waals surface area contributed by atoms with Crippen molar-refractivity contribution in [3.05, 3.63) is 75.0 Å². The highest BCUT2D eigenvalue weighted by Gasteiger charge is 2.17.